The van der Waals surface area contributed by atoms with Crippen LogP contribution < -0.4 is 4.74 Å². The Morgan fingerprint density at radius 2 is 1.76 bits per heavy atom. The van der Waals surface area contributed by atoms with Crippen LogP contribution in [0.25, 0.3) is 0 Å². The Hall–Kier alpha value is -3.31. The van der Waals surface area contributed by atoms with Gasteiger partial charge in [0.25, 0.3) is 0 Å². The van der Waals surface area contributed by atoms with E-state index in [0.29, 0.717) is 12.8 Å². The highest BCUT2D eigenvalue weighted by atomic mass is 16.5. The van der Waals surface area contributed by atoms with Crippen LogP contribution in [0.5, 0.6) is 17.2 Å². The van der Waals surface area contributed by atoms with E-state index >= 15 is 0 Å². The maximum absolute atomic E-state index is 13.8. The van der Waals surface area contributed by atoms with Gasteiger partial charge in [0.15, 0.2) is 11.6 Å². The van der Waals surface area contributed by atoms with Gasteiger partial charge < -0.3 is 35.0 Å². The summed E-state index contributed by atoms with van der Waals surface area (Å²) in [7, 11) is 1.35. The van der Waals surface area contributed by atoms with Crippen molar-refractivity contribution >= 4 is 17.3 Å². The number of hydrogen-bond acceptors (Lipinski definition) is 10. The first-order valence-electron chi connectivity index (χ1n) is 13.9. The lowest BCUT2D eigenvalue weighted by Crippen LogP contribution is -2.48. The summed E-state index contributed by atoms with van der Waals surface area (Å²) >= 11 is 0. The van der Waals surface area contributed by atoms with Crippen molar-refractivity contribution in [3.63, 3.8) is 0 Å². The lowest BCUT2D eigenvalue weighted by Gasteiger charge is -2.43. The molecular formula is C31H36O10. The molecule has 0 spiro atoms. The molecule has 5 rings (SSSR count). The van der Waals surface area contributed by atoms with E-state index in [1.807, 2.05) is 20.8 Å². The largest absolute Gasteiger partial charge is 0.507 e. The second kappa shape index (κ2) is 10.5. The van der Waals surface area contributed by atoms with Gasteiger partial charge >= 0.3 is 0 Å². The molecule has 1 fully saturated rings. The van der Waals surface area contributed by atoms with Crippen LogP contribution >= 0.6 is 0 Å². The Balaban J connectivity index is 1.67. The van der Waals surface area contributed by atoms with Crippen LogP contribution in [0.3, 0.4) is 0 Å². The smallest absolute Gasteiger partial charge is 0.202 e. The van der Waals surface area contributed by atoms with E-state index in [2.05, 4.69) is 0 Å². The van der Waals surface area contributed by atoms with E-state index in [9.17, 15) is 39.9 Å². The van der Waals surface area contributed by atoms with Gasteiger partial charge in [-0.2, -0.15) is 0 Å². The minimum Gasteiger partial charge on any atom is -0.507 e. The highest BCUT2D eigenvalue weighted by molar-refractivity contribution is 6.31. The normalized spacial score (nSPS) is 29.1. The summed E-state index contributed by atoms with van der Waals surface area (Å²) in [5.74, 6) is -3.48. The summed E-state index contributed by atoms with van der Waals surface area (Å²) in [6.07, 6.45) is -2.08. The van der Waals surface area contributed by atoms with Crippen molar-refractivity contribution in [2.24, 2.45) is 17.8 Å². The summed E-state index contributed by atoms with van der Waals surface area (Å²) in [5.41, 5.74) is -3.14. The van der Waals surface area contributed by atoms with Gasteiger partial charge in [0.05, 0.1) is 42.1 Å². The second-order valence-electron chi connectivity index (χ2n) is 12.0. The standard InChI is InChI=1S/C31H36O10/c1-13(2)17-9-15(8-14(3)26(17)34)41-20-11-31(39,21(33)12-32)10-18-23(20)30(38)25-24(28(18)36)27(35)16-6-5-7-19(40-4)22(16)29(25)37/h5-7,13-15,17,20,26,32,34,36,38-39H,8-12H2,1-4H3/t14-,15-,17-,20+,26-,31+/m0/s1. The van der Waals surface area contributed by atoms with E-state index < -0.39 is 76.9 Å². The van der Waals surface area contributed by atoms with Gasteiger partial charge in [-0.15, -0.1) is 0 Å². The van der Waals surface area contributed by atoms with Gasteiger partial charge in [-0.25, -0.2) is 0 Å². The number of Topliss-reactive ketones (excluding diaryl/α,β-unsaturated/α-hetero) is 1. The van der Waals surface area contributed by atoms with Crippen LogP contribution in [-0.4, -0.2) is 74.4 Å². The minimum atomic E-state index is -2.16. The minimum absolute atomic E-state index is 0.0102. The third kappa shape index (κ3) is 4.53. The van der Waals surface area contributed by atoms with Gasteiger partial charge in [-0.05, 0) is 36.7 Å². The van der Waals surface area contributed by atoms with Crippen molar-refractivity contribution in [2.45, 2.75) is 70.4 Å². The van der Waals surface area contributed by atoms with Crippen LogP contribution in [0, 0.1) is 17.8 Å². The third-order valence-electron chi connectivity index (χ3n) is 9.14. The average molecular weight is 569 g/mol. The van der Waals surface area contributed by atoms with Crippen LogP contribution in [0.15, 0.2) is 18.2 Å². The maximum atomic E-state index is 13.8. The molecule has 10 nitrogen and oxygen atoms in total. The molecule has 2 aromatic carbocycles. The van der Waals surface area contributed by atoms with Gasteiger partial charge in [-0.1, -0.05) is 32.9 Å². The van der Waals surface area contributed by atoms with Crippen molar-refractivity contribution in [3.05, 3.63) is 51.6 Å². The van der Waals surface area contributed by atoms with E-state index in [1.165, 1.54) is 25.3 Å². The van der Waals surface area contributed by atoms with E-state index in [1.54, 1.807) is 0 Å². The van der Waals surface area contributed by atoms with Gasteiger partial charge in [0.1, 0.15) is 29.5 Å². The number of fused-ring (bicyclic) bond motifs is 3. The molecule has 0 amide bonds. The first-order chi connectivity index (χ1) is 19.3. The zero-order valence-corrected chi connectivity index (χ0v) is 23.5. The van der Waals surface area contributed by atoms with Crippen LogP contribution in [-0.2, 0) is 16.0 Å². The van der Waals surface area contributed by atoms with Crippen molar-refractivity contribution in [2.75, 3.05) is 13.7 Å². The Bertz CT molecular complexity index is 1430. The number of aliphatic hydroxyl groups excluding tert-OH is 2. The van der Waals surface area contributed by atoms with Crippen molar-refractivity contribution in [1.82, 2.24) is 0 Å². The fraction of sp³-hybridized carbons (Fsp3) is 0.516. The van der Waals surface area contributed by atoms with Crippen molar-refractivity contribution in [1.29, 1.82) is 0 Å². The molecule has 5 N–H and O–H groups in total. The van der Waals surface area contributed by atoms with E-state index in [0.717, 1.165) is 0 Å². The molecule has 2 aromatic rings. The monoisotopic (exact) mass is 568 g/mol. The highest BCUT2D eigenvalue weighted by Gasteiger charge is 2.50. The molecule has 10 heteroatoms. The molecule has 3 aliphatic rings. The highest BCUT2D eigenvalue weighted by Crippen LogP contribution is 2.53. The predicted octanol–water partition coefficient (Wildman–Crippen LogP) is 2.61. The zero-order valence-electron chi connectivity index (χ0n) is 23.5. The van der Waals surface area contributed by atoms with Crippen LogP contribution in [0.1, 0.15) is 89.1 Å². The predicted molar refractivity (Wildman–Crippen MR) is 145 cm³/mol. The lowest BCUT2D eigenvalue weighted by molar-refractivity contribution is -0.153. The average Bonchev–Trinajstić information content (AvgIpc) is 2.94. The van der Waals surface area contributed by atoms with Crippen LogP contribution in [0.4, 0.5) is 0 Å². The molecule has 0 bridgehead atoms. The molecule has 0 aliphatic heterocycles. The molecule has 1 saturated carbocycles. The summed E-state index contributed by atoms with van der Waals surface area (Å²) in [5, 5.41) is 54.8. The maximum Gasteiger partial charge on any atom is 0.202 e. The first kappa shape index (κ1) is 29.2. The number of methoxy groups -OCH3 is 1. The zero-order chi connectivity index (χ0) is 30.0. The molecular weight excluding hydrogens is 532 g/mol. The number of phenolic OH excluding ortho intramolecular Hbond substituents is 2. The number of benzene rings is 2. The van der Waals surface area contributed by atoms with Crippen molar-refractivity contribution < 1.29 is 49.4 Å². The molecule has 0 unspecified atom stereocenters. The fourth-order valence-electron chi connectivity index (χ4n) is 6.92. The topological polar surface area (TPSA) is 171 Å². The molecule has 0 heterocycles. The Labute approximate surface area is 237 Å². The van der Waals surface area contributed by atoms with Crippen LogP contribution in [0.2, 0.25) is 0 Å². The van der Waals surface area contributed by atoms with Crippen molar-refractivity contribution in [3.8, 4) is 17.2 Å². The SMILES string of the molecule is COc1cccc2c1C(=O)c1c(O)c3c(c(O)c1C2=O)C[C@](O)(C(=O)CO)C[C@H]3O[C@H]1C[C@H](C)[C@H](O)[C@H](C(C)C)C1. The van der Waals surface area contributed by atoms with E-state index in [-0.39, 0.29) is 52.2 Å². The third-order valence-corrected chi connectivity index (χ3v) is 9.14. The number of carbonyl (C=O) groups is 3. The molecule has 220 valence electrons. The fourth-order valence-corrected chi connectivity index (χ4v) is 6.92. The molecule has 0 radical (unpaired) electrons. The number of phenols is 2. The first-order valence-corrected chi connectivity index (χ1v) is 13.9. The number of aromatic hydroxyl groups is 2. The van der Waals surface area contributed by atoms with E-state index in [4.69, 9.17) is 9.47 Å². The van der Waals surface area contributed by atoms with Gasteiger partial charge in [-0.3, -0.25) is 14.4 Å². The Kier molecular flexibility index (Phi) is 7.48. The second-order valence-corrected chi connectivity index (χ2v) is 12.0. The molecule has 0 aromatic heterocycles. The lowest BCUT2D eigenvalue weighted by atomic mass is 9.71. The molecule has 41 heavy (non-hydrogen) atoms. The Morgan fingerprint density at radius 1 is 1.07 bits per heavy atom. The summed E-state index contributed by atoms with van der Waals surface area (Å²) in [6, 6.07) is 4.46. The molecule has 3 aliphatic carbocycles. The number of aliphatic hydroxyl groups is 3. The van der Waals surface area contributed by atoms with Gasteiger partial charge in [0.2, 0.25) is 5.78 Å². The molecule has 6 atom stereocenters. The Morgan fingerprint density at radius 3 is 2.39 bits per heavy atom. The summed E-state index contributed by atoms with van der Waals surface area (Å²) in [4.78, 5) is 40.1. The summed E-state index contributed by atoms with van der Waals surface area (Å²) < 4.78 is 11.8. The number of ether oxygens (including phenoxy) is 2. The summed E-state index contributed by atoms with van der Waals surface area (Å²) in [6.45, 7) is 4.94. The molecule has 0 saturated heterocycles. The number of carbonyl (C=O) groups excluding carboxylic acids is 3. The number of ketones is 3. The number of rotatable bonds is 6. The number of hydrogen-bond donors (Lipinski definition) is 5. The quantitative estimate of drug-likeness (QED) is 0.279. The van der Waals surface area contributed by atoms with Gasteiger partial charge in [0, 0.05) is 29.5 Å².